The topological polar surface area (TPSA) is 55.4 Å². The molecule has 6 heteroatoms. The molecule has 0 aliphatic carbocycles. The van der Waals surface area contributed by atoms with Crippen molar-refractivity contribution in [2.24, 2.45) is 0 Å². The zero-order valence-corrected chi connectivity index (χ0v) is 13.5. The van der Waals surface area contributed by atoms with Gasteiger partial charge in [-0.25, -0.2) is 0 Å². The van der Waals surface area contributed by atoms with Crippen molar-refractivity contribution >= 4 is 41.3 Å². The van der Waals surface area contributed by atoms with Crippen LogP contribution in [0.2, 0.25) is 5.02 Å². The van der Waals surface area contributed by atoms with E-state index >= 15 is 0 Å². The average molecular weight is 350 g/mol. The number of halogens is 2. The number of carbonyl (C=O) groups excluding carboxylic acids is 2. The maximum absolute atomic E-state index is 12.0. The maximum Gasteiger partial charge on any atom is 0.315 e. The average Bonchev–Trinajstić information content (AvgIpc) is 2.56. The van der Waals surface area contributed by atoms with Crippen molar-refractivity contribution in [1.82, 2.24) is 4.84 Å². The number of ether oxygens (including phenoxy) is 1. The van der Waals surface area contributed by atoms with E-state index in [0.29, 0.717) is 10.6 Å². The van der Waals surface area contributed by atoms with Crippen molar-refractivity contribution in [3.63, 3.8) is 0 Å². The third-order valence-electron chi connectivity index (χ3n) is 2.89. The largest absolute Gasteiger partial charge is 0.420 e. The molecule has 0 fully saturated rings. The summed E-state index contributed by atoms with van der Waals surface area (Å²) in [5.41, 5.74) is 1.44. The van der Waals surface area contributed by atoms with Gasteiger partial charge in [-0.3, -0.25) is 14.4 Å². The van der Waals surface area contributed by atoms with Gasteiger partial charge < -0.3 is 4.74 Å². The Morgan fingerprint density at radius 3 is 2.30 bits per heavy atom. The third kappa shape index (κ3) is 5.43. The van der Waals surface area contributed by atoms with Crippen LogP contribution >= 0.6 is 23.4 Å². The highest BCUT2D eigenvalue weighted by molar-refractivity contribution is 6.30. The molecule has 0 radical (unpaired) electrons. The Kier molecular flexibility index (Phi) is 6.20. The molecule has 0 bridgehead atoms. The summed E-state index contributed by atoms with van der Waals surface area (Å²) >= 11 is 11.1. The summed E-state index contributed by atoms with van der Waals surface area (Å²) in [4.78, 5) is 25.7. The number of hydrogen-bond acceptors (Lipinski definition) is 3. The van der Waals surface area contributed by atoms with Gasteiger partial charge in [0.2, 0.25) is 0 Å². The van der Waals surface area contributed by atoms with Gasteiger partial charge in [0.05, 0.1) is 6.42 Å². The fourth-order valence-corrected chi connectivity index (χ4v) is 2.04. The normalized spacial score (nSPS) is 11.0. The fourth-order valence-electron chi connectivity index (χ4n) is 1.82. The van der Waals surface area contributed by atoms with Gasteiger partial charge in [0, 0.05) is 16.8 Å². The Labute approximate surface area is 143 Å². The Bertz CT molecular complexity index is 712. The molecule has 0 aliphatic rings. The molecular formula is C17H13Cl2NO3. The second-order valence-corrected chi connectivity index (χ2v) is 5.25. The Morgan fingerprint density at radius 1 is 1.04 bits per heavy atom. The molecule has 2 rings (SSSR count). The molecule has 0 aromatic heterocycles. The lowest BCUT2D eigenvalue weighted by Gasteiger charge is -2.07. The molecule has 2 aromatic carbocycles. The summed E-state index contributed by atoms with van der Waals surface area (Å²) < 4.78 is 5.13. The summed E-state index contributed by atoms with van der Waals surface area (Å²) in [5, 5.41) is 0.562. The highest BCUT2D eigenvalue weighted by Crippen LogP contribution is 2.14. The van der Waals surface area contributed by atoms with E-state index in [-0.39, 0.29) is 12.2 Å². The number of amides is 1. The van der Waals surface area contributed by atoms with E-state index in [9.17, 15) is 9.59 Å². The van der Waals surface area contributed by atoms with Crippen LogP contribution in [0.25, 0.3) is 6.08 Å². The number of rotatable bonds is 5. The van der Waals surface area contributed by atoms with Crippen LogP contribution < -0.4 is 4.84 Å². The molecule has 0 spiro atoms. The second-order valence-electron chi connectivity index (χ2n) is 4.62. The van der Waals surface area contributed by atoms with E-state index in [1.54, 1.807) is 36.4 Å². The Balaban J connectivity index is 2.14. The van der Waals surface area contributed by atoms with Crippen LogP contribution in [0.3, 0.4) is 0 Å². The highest BCUT2D eigenvalue weighted by Gasteiger charge is 2.15. The summed E-state index contributed by atoms with van der Waals surface area (Å²) in [6.45, 7) is 0. The molecule has 1 amide bonds. The number of nitrogens with one attached hydrogen (secondary N) is 1. The predicted molar refractivity (Wildman–Crippen MR) is 89.7 cm³/mol. The lowest BCUT2D eigenvalue weighted by molar-refractivity contribution is -0.141. The molecule has 0 heterocycles. The van der Waals surface area contributed by atoms with E-state index in [1.165, 1.54) is 6.08 Å². The van der Waals surface area contributed by atoms with Crippen LogP contribution in [0.5, 0.6) is 0 Å². The lowest BCUT2D eigenvalue weighted by Crippen LogP contribution is -2.20. The minimum Gasteiger partial charge on any atom is -0.420 e. The van der Waals surface area contributed by atoms with Crippen molar-refractivity contribution in [1.29, 1.82) is 0 Å². The van der Waals surface area contributed by atoms with Gasteiger partial charge in [-0.2, -0.15) is 0 Å². The number of hydrogen-bond donors (Lipinski definition) is 1. The van der Waals surface area contributed by atoms with Crippen molar-refractivity contribution in [2.75, 3.05) is 0 Å². The fraction of sp³-hybridized carbons (Fsp3) is 0.0588. The molecule has 118 valence electrons. The minimum absolute atomic E-state index is 0.0500. The zero-order chi connectivity index (χ0) is 16.7. The van der Waals surface area contributed by atoms with E-state index in [2.05, 4.69) is 0 Å². The minimum atomic E-state index is -0.706. The quantitative estimate of drug-likeness (QED) is 0.387. The van der Waals surface area contributed by atoms with Crippen LogP contribution in [0.15, 0.2) is 60.4 Å². The molecule has 23 heavy (non-hydrogen) atoms. The monoisotopic (exact) mass is 349 g/mol. The molecule has 0 atom stereocenters. The Morgan fingerprint density at radius 2 is 1.70 bits per heavy atom. The van der Waals surface area contributed by atoms with Gasteiger partial charge >= 0.3 is 11.9 Å². The van der Waals surface area contributed by atoms with Gasteiger partial charge in [0.25, 0.3) is 0 Å². The van der Waals surface area contributed by atoms with E-state index in [1.807, 2.05) is 23.0 Å². The predicted octanol–water partition coefficient (Wildman–Crippen LogP) is 3.74. The first kappa shape index (κ1) is 17.1. The lowest BCUT2D eigenvalue weighted by atomic mass is 10.1. The van der Waals surface area contributed by atoms with Crippen molar-refractivity contribution < 1.29 is 14.3 Å². The first-order valence-corrected chi connectivity index (χ1v) is 7.47. The summed E-state index contributed by atoms with van der Waals surface area (Å²) in [6.07, 6.45) is 1.46. The van der Waals surface area contributed by atoms with Gasteiger partial charge in [-0.15, -0.1) is 0 Å². The van der Waals surface area contributed by atoms with Gasteiger partial charge in [-0.1, -0.05) is 54.1 Å². The molecular weight excluding hydrogens is 337 g/mol. The van der Waals surface area contributed by atoms with Crippen LogP contribution in [0, 0.1) is 0 Å². The molecule has 4 nitrogen and oxygen atoms in total. The molecule has 0 saturated carbocycles. The second kappa shape index (κ2) is 8.36. The van der Waals surface area contributed by atoms with Crippen molar-refractivity contribution in [2.45, 2.75) is 6.42 Å². The van der Waals surface area contributed by atoms with Crippen molar-refractivity contribution in [3.8, 4) is 0 Å². The van der Waals surface area contributed by atoms with Crippen molar-refractivity contribution in [3.05, 3.63) is 76.5 Å². The smallest absolute Gasteiger partial charge is 0.315 e. The van der Waals surface area contributed by atoms with Gasteiger partial charge in [-0.05, 0) is 29.3 Å². The third-order valence-corrected chi connectivity index (χ3v) is 3.32. The zero-order valence-electron chi connectivity index (χ0n) is 12.0. The first-order chi connectivity index (χ1) is 11.1. The Hall–Kier alpha value is -2.30. The SMILES string of the molecule is O=C(Cc1ccccc1)O/C(=C\c1ccc(Cl)cc1)C(=O)NCl. The standard InChI is InChI=1S/C17H13Cl2NO3/c18-14-8-6-13(7-9-14)10-15(17(22)20-19)23-16(21)11-12-4-2-1-3-5-12/h1-10H,11H2,(H,20,22)/b15-10-. The summed E-state index contributed by atoms with van der Waals surface area (Å²) in [5.74, 6) is -1.46. The first-order valence-electron chi connectivity index (χ1n) is 6.71. The number of benzene rings is 2. The van der Waals surface area contributed by atoms with Crippen LogP contribution in [0.4, 0.5) is 0 Å². The van der Waals surface area contributed by atoms with Crippen LogP contribution in [0.1, 0.15) is 11.1 Å². The summed E-state index contributed by atoms with van der Waals surface area (Å²) in [7, 11) is 0. The number of esters is 1. The van der Waals surface area contributed by atoms with Crippen LogP contribution in [-0.4, -0.2) is 11.9 Å². The number of carbonyl (C=O) groups is 2. The van der Waals surface area contributed by atoms with E-state index in [4.69, 9.17) is 28.1 Å². The van der Waals surface area contributed by atoms with Gasteiger partial charge in [0.1, 0.15) is 0 Å². The maximum atomic E-state index is 12.0. The molecule has 1 N–H and O–H groups in total. The van der Waals surface area contributed by atoms with Gasteiger partial charge in [0.15, 0.2) is 5.76 Å². The van der Waals surface area contributed by atoms with E-state index in [0.717, 1.165) is 5.56 Å². The van der Waals surface area contributed by atoms with Crippen LogP contribution in [-0.2, 0) is 20.7 Å². The highest BCUT2D eigenvalue weighted by atomic mass is 35.5. The molecule has 0 unspecified atom stereocenters. The molecule has 0 aliphatic heterocycles. The molecule has 0 saturated heterocycles. The van der Waals surface area contributed by atoms with E-state index < -0.39 is 11.9 Å². The molecule has 2 aromatic rings. The summed E-state index contributed by atoms with van der Waals surface area (Å²) in [6, 6.07) is 15.8.